The normalized spacial score (nSPS) is 17.1. The van der Waals surface area contributed by atoms with Gasteiger partial charge in [-0.15, -0.1) is 11.3 Å². The molecule has 4 rings (SSSR count). The van der Waals surface area contributed by atoms with Gasteiger partial charge in [0.1, 0.15) is 16.9 Å². The first-order valence-electron chi connectivity index (χ1n) is 11.1. The Labute approximate surface area is 209 Å². The second kappa shape index (κ2) is 9.73. The summed E-state index contributed by atoms with van der Waals surface area (Å²) < 4.78 is 53.5. The van der Waals surface area contributed by atoms with Crippen LogP contribution >= 0.6 is 11.3 Å². The third-order valence-corrected chi connectivity index (χ3v) is 7.20. The zero-order valence-corrected chi connectivity index (χ0v) is 20.8. The number of ether oxygens (including phenoxy) is 2. The Bertz CT molecular complexity index is 1340. The maximum absolute atomic E-state index is 14.0. The van der Waals surface area contributed by atoms with Gasteiger partial charge < -0.3 is 20.1 Å². The van der Waals surface area contributed by atoms with Crippen molar-refractivity contribution in [2.24, 2.45) is 0 Å². The van der Waals surface area contributed by atoms with Crippen molar-refractivity contribution >= 4 is 28.1 Å². The summed E-state index contributed by atoms with van der Waals surface area (Å²) in [4.78, 5) is 13.8. The Morgan fingerprint density at radius 2 is 2.03 bits per heavy atom. The number of aryl methyl sites for hydroxylation is 1. The van der Waals surface area contributed by atoms with Gasteiger partial charge in [0.05, 0.1) is 25.8 Å². The van der Waals surface area contributed by atoms with Gasteiger partial charge in [0.15, 0.2) is 23.2 Å². The van der Waals surface area contributed by atoms with E-state index < -0.39 is 24.2 Å². The lowest BCUT2D eigenvalue weighted by Crippen LogP contribution is -2.35. The summed E-state index contributed by atoms with van der Waals surface area (Å²) in [6.07, 6.45) is -4.31. The molecule has 36 heavy (non-hydrogen) atoms. The van der Waals surface area contributed by atoms with Crippen molar-refractivity contribution in [1.82, 2.24) is 9.78 Å². The number of nitriles is 1. The molecule has 0 spiro atoms. The molecule has 0 bridgehead atoms. The summed E-state index contributed by atoms with van der Waals surface area (Å²) in [5, 5.41) is 19.6. The SMILES string of the molecule is CCc1c(C)sc(NC(=O)c2cc3n(n2)C(C(F)(F)F)CC(c2ccc(OC)c(OC)c2)N3)c1C#N. The number of hydrogen-bond acceptors (Lipinski definition) is 7. The molecule has 2 N–H and O–H groups in total. The molecule has 0 aliphatic carbocycles. The topological polar surface area (TPSA) is 101 Å². The van der Waals surface area contributed by atoms with E-state index in [0.29, 0.717) is 34.0 Å². The number of carbonyl (C=O) groups is 1. The number of alkyl halides is 3. The quantitative estimate of drug-likeness (QED) is 0.439. The van der Waals surface area contributed by atoms with Gasteiger partial charge in [0.2, 0.25) is 0 Å². The van der Waals surface area contributed by atoms with E-state index in [0.717, 1.165) is 15.1 Å². The third-order valence-electron chi connectivity index (χ3n) is 6.13. The highest BCUT2D eigenvalue weighted by molar-refractivity contribution is 7.16. The average Bonchev–Trinajstić information content (AvgIpc) is 3.42. The number of anilines is 2. The number of aromatic nitrogens is 2. The molecule has 1 aromatic carbocycles. The zero-order chi connectivity index (χ0) is 26.2. The van der Waals surface area contributed by atoms with Crippen LogP contribution in [0.2, 0.25) is 0 Å². The number of carbonyl (C=O) groups excluding carboxylic acids is 1. The van der Waals surface area contributed by atoms with Crippen LogP contribution in [-0.4, -0.2) is 36.1 Å². The van der Waals surface area contributed by atoms with Crippen LogP contribution < -0.4 is 20.1 Å². The van der Waals surface area contributed by atoms with Gasteiger partial charge in [-0.3, -0.25) is 4.79 Å². The fourth-order valence-corrected chi connectivity index (χ4v) is 5.44. The Hall–Kier alpha value is -3.72. The van der Waals surface area contributed by atoms with Gasteiger partial charge in [-0.25, -0.2) is 4.68 Å². The molecule has 0 saturated carbocycles. The molecule has 1 aliphatic heterocycles. The summed E-state index contributed by atoms with van der Waals surface area (Å²) in [5.74, 6) is 0.221. The fraction of sp³-hybridized carbons (Fsp3) is 0.375. The van der Waals surface area contributed by atoms with Crippen LogP contribution in [-0.2, 0) is 6.42 Å². The van der Waals surface area contributed by atoms with E-state index in [4.69, 9.17) is 9.47 Å². The maximum atomic E-state index is 14.0. The van der Waals surface area contributed by atoms with Crippen molar-refractivity contribution < 1.29 is 27.4 Å². The first-order valence-corrected chi connectivity index (χ1v) is 11.9. The molecule has 3 aromatic rings. The molecule has 190 valence electrons. The van der Waals surface area contributed by atoms with Crippen LogP contribution in [0.3, 0.4) is 0 Å². The molecule has 0 saturated heterocycles. The van der Waals surface area contributed by atoms with Gasteiger partial charge in [-0.05, 0) is 36.6 Å². The lowest BCUT2D eigenvalue weighted by atomic mass is 9.96. The molecule has 2 unspecified atom stereocenters. The number of rotatable bonds is 6. The average molecular weight is 520 g/mol. The largest absolute Gasteiger partial charge is 0.493 e. The maximum Gasteiger partial charge on any atom is 0.410 e. The summed E-state index contributed by atoms with van der Waals surface area (Å²) in [6, 6.07) is 5.64. The summed E-state index contributed by atoms with van der Waals surface area (Å²) in [7, 11) is 2.92. The number of nitrogens with zero attached hydrogens (tertiary/aromatic N) is 3. The van der Waals surface area contributed by atoms with Crippen LogP contribution in [0, 0.1) is 18.3 Å². The van der Waals surface area contributed by atoms with E-state index in [1.807, 2.05) is 13.8 Å². The Morgan fingerprint density at radius 3 is 2.64 bits per heavy atom. The van der Waals surface area contributed by atoms with E-state index in [2.05, 4.69) is 21.8 Å². The first-order chi connectivity index (χ1) is 17.1. The Balaban J connectivity index is 1.67. The molecule has 12 heteroatoms. The molecule has 0 fully saturated rings. The first kappa shape index (κ1) is 25.4. The third kappa shape index (κ3) is 4.58. The smallest absolute Gasteiger partial charge is 0.410 e. The molecule has 0 radical (unpaired) electrons. The van der Waals surface area contributed by atoms with Crippen molar-refractivity contribution in [3.8, 4) is 17.6 Å². The van der Waals surface area contributed by atoms with Gasteiger partial charge in [-0.1, -0.05) is 13.0 Å². The van der Waals surface area contributed by atoms with Crippen LogP contribution in [0.5, 0.6) is 11.5 Å². The summed E-state index contributed by atoms with van der Waals surface area (Å²) in [6.45, 7) is 3.75. The molecule has 2 aromatic heterocycles. The van der Waals surface area contributed by atoms with E-state index in [-0.39, 0.29) is 17.9 Å². The van der Waals surface area contributed by atoms with Crippen molar-refractivity contribution in [2.75, 3.05) is 24.9 Å². The number of hydrogen-bond donors (Lipinski definition) is 2. The van der Waals surface area contributed by atoms with Crippen LogP contribution in [0.15, 0.2) is 24.3 Å². The van der Waals surface area contributed by atoms with Crippen molar-refractivity contribution in [3.05, 3.63) is 51.5 Å². The highest BCUT2D eigenvalue weighted by Gasteiger charge is 2.47. The molecular weight excluding hydrogens is 495 g/mol. The number of fused-ring (bicyclic) bond motifs is 1. The van der Waals surface area contributed by atoms with Gasteiger partial charge in [0, 0.05) is 17.4 Å². The Morgan fingerprint density at radius 1 is 1.31 bits per heavy atom. The molecule has 1 aliphatic rings. The van der Waals surface area contributed by atoms with Gasteiger partial charge in [-0.2, -0.15) is 23.5 Å². The molecule has 8 nitrogen and oxygen atoms in total. The number of benzene rings is 1. The predicted molar refractivity (Wildman–Crippen MR) is 129 cm³/mol. The highest BCUT2D eigenvalue weighted by Crippen LogP contribution is 2.45. The minimum absolute atomic E-state index is 0.0608. The molecule has 1 amide bonds. The minimum Gasteiger partial charge on any atom is -0.493 e. The standard InChI is InChI=1S/C24H24F3N5O3S/c1-5-14-12(2)36-23(15(14)11-28)30-22(33)17-10-21-29-16(9-20(24(25,26)27)32(21)31-17)13-6-7-18(34-3)19(8-13)35-4/h6-8,10,16,20,29H,5,9H2,1-4H3,(H,30,33). The van der Waals surface area contributed by atoms with Crippen LogP contribution in [0.1, 0.15) is 57.5 Å². The Kier molecular flexibility index (Phi) is 6.86. The molecular formula is C24H24F3N5O3S. The minimum atomic E-state index is -4.60. The number of halogens is 3. The van der Waals surface area contributed by atoms with Gasteiger partial charge in [0.25, 0.3) is 5.91 Å². The van der Waals surface area contributed by atoms with E-state index in [9.17, 15) is 23.2 Å². The number of methoxy groups -OCH3 is 2. The van der Waals surface area contributed by atoms with E-state index in [1.54, 1.807) is 18.2 Å². The zero-order valence-electron chi connectivity index (χ0n) is 20.0. The number of thiophene rings is 1. The summed E-state index contributed by atoms with van der Waals surface area (Å²) >= 11 is 1.25. The van der Waals surface area contributed by atoms with Crippen LogP contribution in [0.4, 0.5) is 24.0 Å². The van der Waals surface area contributed by atoms with Crippen molar-refractivity contribution in [3.63, 3.8) is 0 Å². The number of amides is 1. The second-order valence-electron chi connectivity index (χ2n) is 8.22. The summed E-state index contributed by atoms with van der Waals surface area (Å²) in [5.41, 5.74) is 1.57. The molecule has 2 atom stereocenters. The van der Waals surface area contributed by atoms with E-state index >= 15 is 0 Å². The van der Waals surface area contributed by atoms with E-state index in [1.165, 1.54) is 31.6 Å². The van der Waals surface area contributed by atoms with Gasteiger partial charge >= 0.3 is 6.18 Å². The number of nitrogens with one attached hydrogen (secondary N) is 2. The van der Waals surface area contributed by atoms with Crippen molar-refractivity contribution in [2.45, 2.75) is 44.9 Å². The lowest BCUT2D eigenvalue weighted by molar-refractivity contribution is -0.173. The monoisotopic (exact) mass is 519 g/mol. The molecule has 3 heterocycles. The fourth-order valence-electron chi connectivity index (χ4n) is 4.35. The highest BCUT2D eigenvalue weighted by atomic mass is 32.1. The van der Waals surface area contributed by atoms with Crippen LogP contribution in [0.25, 0.3) is 0 Å². The predicted octanol–water partition coefficient (Wildman–Crippen LogP) is 5.62. The second-order valence-corrected chi connectivity index (χ2v) is 9.45. The lowest BCUT2D eigenvalue weighted by Gasteiger charge is -2.33. The van der Waals surface area contributed by atoms with Crippen molar-refractivity contribution in [1.29, 1.82) is 5.26 Å².